The lowest BCUT2D eigenvalue weighted by Gasteiger charge is -2.17. The molecule has 2 atom stereocenters. The number of aliphatic carboxylic acids is 1. The highest BCUT2D eigenvalue weighted by molar-refractivity contribution is 5.63. The molecule has 0 amide bonds. The third kappa shape index (κ3) is 14.1. The fourth-order valence-corrected chi connectivity index (χ4v) is 2.36. The highest BCUT2D eigenvalue weighted by Crippen LogP contribution is 2.14. The number of rotatable bonds is 15. The highest BCUT2D eigenvalue weighted by Gasteiger charge is 2.14. The van der Waals surface area contributed by atoms with E-state index >= 15 is 0 Å². The lowest BCUT2D eigenvalue weighted by atomic mass is 10.00. The van der Waals surface area contributed by atoms with Gasteiger partial charge in [0.15, 0.2) is 0 Å². The zero-order chi connectivity index (χ0) is 15.9. The molecule has 0 radical (unpaired) electrons. The van der Waals surface area contributed by atoms with Gasteiger partial charge in [-0.1, -0.05) is 44.9 Å². The quantitative estimate of drug-likeness (QED) is 0.394. The standard InChI is InChI=1S/C16H32O5/c17-13-9-5-4-7-11-15(19)14(18)10-6-2-1-3-8-12-16(20)21/h14-15,17-19H,1-13H2,(H,20,21)/p-1. The van der Waals surface area contributed by atoms with Crippen molar-refractivity contribution in [2.45, 2.75) is 89.3 Å². The average molecular weight is 303 g/mol. The Morgan fingerprint density at radius 3 is 1.67 bits per heavy atom. The summed E-state index contributed by atoms with van der Waals surface area (Å²) in [4.78, 5) is 10.2. The van der Waals surface area contributed by atoms with Crippen molar-refractivity contribution in [3.05, 3.63) is 0 Å². The Hall–Kier alpha value is -0.650. The second kappa shape index (κ2) is 14.3. The summed E-state index contributed by atoms with van der Waals surface area (Å²) in [5.41, 5.74) is 0. The largest absolute Gasteiger partial charge is 0.550 e. The van der Waals surface area contributed by atoms with Crippen LogP contribution in [0.4, 0.5) is 0 Å². The molecule has 0 aromatic rings. The van der Waals surface area contributed by atoms with Gasteiger partial charge < -0.3 is 25.2 Å². The van der Waals surface area contributed by atoms with Gasteiger partial charge in [-0.2, -0.15) is 0 Å². The van der Waals surface area contributed by atoms with E-state index in [9.17, 15) is 20.1 Å². The maximum absolute atomic E-state index is 10.2. The topological polar surface area (TPSA) is 101 Å². The van der Waals surface area contributed by atoms with Crippen molar-refractivity contribution in [1.82, 2.24) is 0 Å². The molecular formula is C16H31O5-. The van der Waals surface area contributed by atoms with E-state index in [-0.39, 0.29) is 13.0 Å². The lowest BCUT2D eigenvalue weighted by molar-refractivity contribution is -0.305. The van der Waals surface area contributed by atoms with E-state index in [1.54, 1.807) is 0 Å². The Kier molecular flexibility index (Phi) is 13.9. The number of carbonyl (C=O) groups is 1. The average Bonchev–Trinajstić information content (AvgIpc) is 2.45. The van der Waals surface area contributed by atoms with Crippen molar-refractivity contribution >= 4 is 5.97 Å². The van der Waals surface area contributed by atoms with Gasteiger partial charge in [-0.3, -0.25) is 0 Å². The number of carboxylic acids is 1. The lowest BCUT2D eigenvalue weighted by Crippen LogP contribution is -2.25. The zero-order valence-electron chi connectivity index (χ0n) is 13.0. The van der Waals surface area contributed by atoms with Gasteiger partial charge in [0.05, 0.1) is 12.2 Å². The van der Waals surface area contributed by atoms with Crippen LogP contribution in [-0.2, 0) is 4.79 Å². The summed E-state index contributed by atoms with van der Waals surface area (Å²) in [6.07, 6.45) is 7.92. The van der Waals surface area contributed by atoms with Crippen LogP contribution in [0.3, 0.4) is 0 Å². The number of hydrogen-bond acceptors (Lipinski definition) is 5. The molecular weight excluding hydrogens is 272 g/mol. The molecule has 0 rings (SSSR count). The zero-order valence-corrected chi connectivity index (χ0v) is 13.0. The van der Waals surface area contributed by atoms with Crippen LogP contribution in [0.1, 0.15) is 77.0 Å². The SMILES string of the molecule is O=C([O-])CCCCCCCC(O)C(O)CCCCCCO. The molecule has 0 spiro atoms. The summed E-state index contributed by atoms with van der Waals surface area (Å²) < 4.78 is 0. The maximum atomic E-state index is 10.2. The van der Waals surface area contributed by atoms with Crippen molar-refractivity contribution in [3.8, 4) is 0 Å². The van der Waals surface area contributed by atoms with Crippen LogP contribution in [-0.4, -0.2) is 40.1 Å². The van der Waals surface area contributed by atoms with E-state index in [0.717, 1.165) is 51.4 Å². The van der Waals surface area contributed by atoms with E-state index in [2.05, 4.69) is 0 Å². The monoisotopic (exact) mass is 303 g/mol. The van der Waals surface area contributed by atoms with Crippen LogP contribution in [0, 0.1) is 0 Å². The van der Waals surface area contributed by atoms with E-state index < -0.39 is 18.2 Å². The number of aliphatic hydroxyl groups excluding tert-OH is 3. The van der Waals surface area contributed by atoms with E-state index in [0.29, 0.717) is 19.3 Å². The van der Waals surface area contributed by atoms with Crippen LogP contribution in [0.2, 0.25) is 0 Å². The Bertz CT molecular complexity index is 245. The van der Waals surface area contributed by atoms with E-state index in [4.69, 9.17) is 5.11 Å². The van der Waals surface area contributed by atoms with Gasteiger partial charge in [0, 0.05) is 12.6 Å². The first-order chi connectivity index (χ1) is 10.1. The summed E-state index contributed by atoms with van der Waals surface area (Å²) in [6.45, 7) is 0.216. The molecule has 5 nitrogen and oxygen atoms in total. The minimum absolute atomic E-state index is 0.123. The molecule has 0 heterocycles. The van der Waals surface area contributed by atoms with Crippen molar-refractivity contribution in [2.24, 2.45) is 0 Å². The van der Waals surface area contributed by atoms with Crippen molar-refractivity contribution < 1.29 is 25.2 Å². The second-order valence-corrected chi connectivity index (χ2v) is 5.74. The molecule has 0 saturated heterocycles. The van der Waals surface area contributed by atoms with Crippen LogP contribution in [0.25, 0.3) is 0 Å². The summed E-state index contributed by atoms with van der Waals surface area (Å²) in [7, 11) is 0. The first-order valence-corrected chi connectivity index (χ1v) is 8.24. The number of aliphatic hydroxyl groups is 3. The van der Waals surface area contributed by atoms with Gasteiger partial charge in [0.25, 0.3) is 0 Å². The first-order valence-electron chi connectivity index (χ1n) is 8.24. The molecule has 3 N–H and O–H groups in total. The normalized spacial score (nSPS) is 14.0. The fourth-order valence-electron chi connectivity index (χ4n) is 2.36. The molecule has 0 aromatic heterocycles. The Morgan fingerprint density at radius 2 is 1.19 bits per heavy atom. The number of hydrogen-bond donors (Lipinski definition) is 3. The van der Waals surface area contributed by atoms with Gasteiger partial charge in [-0.15, -0.1) is 0 Å². The molecule has 5 heteroatoms. The molecule has 0 aliphatic carbocycles. The van der Waals surface area contributed by atoms with Gasteiger partial charge in [-0.05, 0) is 32.1 Å². The van der Waals surface area contributed by atoms with Crippen LogP contribution in [0.5, 0.6) is 0 Å². The Morgan fingerprint density at radius 1 is 0.762 bits per heavy atom. The Labute approximate surface area is 128 Å². The van der Waals surface area contributed by atoms with Gasteiger partial charge in [0.1, 0.15) is 0 Å². The predicted octanol–water partition coefficient (Wildman–Crippen LogP) is 1.13. The number of carbonyl (C=O) groups excluding carboxylic acids is 1. The van der Waals surface area contributed by atoms with Crippen LogP contribution in [0.15, 0.2) is 0 Å². The van der Waals surface area contributed by atoms with Crippen LogP contribution >= 0.6 is 0 Å². The predicted molar refractivity (Wildman–Crippen MR) is 79.5 cm³/mol. The van der Waals surface area contributed by atoms with Crippen molar-refractivity contribution in [1.29, 1.82) is 0 Å². The summed E-state index contributed by atoms with van der Waals surface area (Å²) in [5.74, 6) is -0.993. The van der Waals surface area contributed by atoms with E-state index in [1.807, 2.05) is 0 Å². The molecule has 2 unspecified atom stereocenters. The van der Waals surface area contributed by atoms with Crippen molar-refractivity contribution in [3.63, 3.8) is 0 Å². The third-order valence-electron chi connectivity index (χ3n) is 3.73. The molecule has 0 aliphatic heterocycles. The molecule has 21 heavy (non-hydrogen) atoms. The van der Waals surface area contributed by atoms with Crippen LogP contribution < -0.4 is 5.11 Å². The minimum Gasteiger partial charge on any atom is -0.550 e. The molecule has 0 bridgehead atoms. The van der Waals surface area contributed by atoms with Gasteiger partial charge in [-0.25, -0.2) is 0 Å². The molecule has 0 aromatic carbocycles. The summed E-state index contributed by atoms with van der Waals surface area (Å²) in [5, 5.41) is 38.5. The molecule has 126 valence electrons. The molecule has 0 aliphatic rings. The minimum atomic E-state index is -0.993. The fraction of sp³-hybridized carbons (Fsp3) is 0.938. The molecule has 0 fully saturated rings. The first kappa shape index (κ1) is 20.3. The maximum Gasteiger partial charge on any atom is 0.0799 e. The van der Waals surface area contributed by atoms with Crippen molar-refractivity contribution in [2.75, 3.05) is 6.61 Å². The number of unbranched alkanes of at least 4 members (excludes halogenated alkanes) is 7. The molecule has 0 saturated carbocycles. The third-order valence-corrected chi connectivity index (χ3v) is 3.73. The van der Waals surface area contributed by atoms with E-state index in [1.165, 1.54) is 0 Å². The van der Waals surface area contributed by atoms with Gasteiger partial charge >= 0.3 is 0 Å². The smallest absolute Gasteiger partial charge is 0.0799 e. The highest BCUT2D eigenvalue weighted by atomic mass is 16.4. The second-order valence-electron chi connectivity index (χ2n) is 5.74. The number of carboxylic acid groups (broad SMARTS) is 1. The Balaban J connectivity index is 3.38. The summed E-state index contributed by atoms with van der Waals surface area (Å²) in [6, 6.07) is 0. The summed E-state index contributed by atoms with van der Waals surface area (Å²) >= 11 is 0. The van der Waals surface area contributed by atoms with Gasteiger partial charge in [0.2, 0.25) is 0 Å².